The van der Waals surface area contributed by atoms with Gasteiger partial charge in [0.05, 0.1) is 25.3 Å². The Bertz CT molecular complexity index is 1090. The zero-order valence-corrected chi connectivity index (χ0v) is 18.0. The van der Waals surface area contributed by atoms with E-state index in [2.05, 4.69) is 15.9 Å². The normalized spacial score (nSPS) is 10.6. The van der Waals surface area contributed by atoms with Crippen molar-refractivity contribution in [1.82, 2.24) is 0 Å². The summed E-state index contributed by atoms with van der Waals surface area (Å²) in [5.74, 6) is 0.641. The fourth-order valence-corrected chi connectivity index (χ4v) is 2.98. The Morgan fingerprint density at radius 2 is 1.60 bits per heavy atom. The van der Waals surface area contributed by atoms with Crippen molar-refractivity contribution in [3.63, 3.8) is 0 Å². The van der Waals surface area contributed by atoms with Gasteiger partial charge >= 0.3 is 5.97 Å². The maximum Gasteiger partial charge on any atom is 0.343 e. The molecule has 30 heavy (non-hydrogen) atoms. The Kier molecular flexibility index (Phi) is 7.03. The molecule has 0 saturated heterocycles. The molecule has 0 heterocycles. The molecule has 0 amide bonds. The summed E-state index contributed by atoms with van der Waals surface area (Å²) in [5.41, 5.74) is 1.43. The Labute approximate surface area is 183 Å². The lowest BCUT2D eigenvalue weighted by Crippen LogP contribution is -2.09. The number of methoxy groups -OCH3 is 2. The molecule has 3 aromatic carbocycles. The quantitative estimate of drug-likeness (QED) is 0.197. The molecule has 0 unspecified atom stereocenters. The van der Waals surface area contributed by atoms with Crippen LogP contribution in [0.5, 0.6) is 17.2 Å². The van der Waals surface area contributed by atoms with Crippen LogP contribution >= 0.6 is 15.9 Å². The number of rotatable bonds is 7. The SMILES string of the molecule is COc1ccc(C(=O)/C=C/c2ccccc2OC(=O)c2ccc(Br)cc2)c(OC)c1. The largest absolute Gasteiger partial charge is 0.497 e. The number of carbonyl (C=O) groups excluding carboxylic acids is 2. The summed E-state index contributed by atoms with van der Waals surface area (Å²) in [6.45, 7) is 0. The van der Waals surface area contributed by atoms with E-state index in [1.54, 1.807) is 79.9 Å². The van der Waals surface area contributed by atoms with Gasteiger partial charge in [-0.25, -0.2) is 4.79 Å². The second-order valence-electron chi connectivity index (χ2n) is 6.20. The number of ether oxygens (including phenoxy) is 3. The van der Waals surface area contributed by atoms with E-state index in [9.17, 15) is 9.59 Å². The highest BCUT2D eigenvalue weighted by Crippen LogP contribution is 2.26. The number of hydrogen-bond acceptors (Lipinski definition) is 5. The molecule has 0 fully saturated rings. The van der Waals surface area contributed by atoms with E-state index in [1.165, 1.54) is 13.2 Å². The lowest BCUT2D eigenvalue weighted by molar-refractivity contribution is 0.0734. The first-order valence-electron chi connectivity index (χ1n) is 9.03. The standard InChI is InChI=1S/C24H19BrO5/c1-28-19-12-13-20(23(15-19)29-2)21(26)14-9-16-5-3-4-6-22(16)30-24(27)17-7-10-18(25)11-8-17/h3-15H,1-2H3/b14-9+. The number of para-hydroxylation sites is 1. The van der Waals surface area contributed by atoms with Gasteiger partial charge in [0.25, 0.3) is 0 Å². The number of carbonyl (C=O) groups is 2. The van der Waals surface area contributed by atoms with Gasteiger partial charge in [0.15, 0.2) is 5.78 Å². The third kappa shape index (κ3) is 5.15. The summed E-state index contributed by atoms with van der Waals surface area (Å²) in [4.78, 5) is 25.1. The van der Waals surface area contributed by atoms with Gasteiger partial charge in [-0.2, -0.15) is 0 Å². The number of esters is 1. The molecule has 0 aliphatic heterocycles. The molecule has 0 radical (unpaired) electrons. The van der Waals surface area contributed by atoms with Crippen LogP contribution in [0.25, 0.3) is 6.08 Å². The van der Waals surface area contributed by atoms with Crippen molar-refractivity contribution in [3.8, 4) is 17.2 Å². The molecule has 0 aromatic heterocycles. The Balaban J connectivity index is 1.80. The van der Waals surface area contributed by atoms with Crippen LogP contribution in [-0.2, 0) is 0 Å². The second kappa shape index (κ2) is 9.89. The van der Waals surface area contributed by atoms with E-state index >= 15 is 0 Å². The maximum atomic E-state index is 12.7. The molecule has 3 rings (SSSR count). The van der Waals surface area contributed by atoms with E-state index in [4.69, 9.17) is 14.2 Å². The summed E-state index contributed by atoms with van der Waals surface area (Å²) >= 11 is 3.34. The fraction of sp³-hybridized carbons (Fsp3) is 0.0833. The highest BCUT2D eigenvalue weighted by Gasteiger charge is 2.13. The monoisotopic (exact) mass is 466 g/mol. The second-order valence-corrected chi connectivity index (χ2v) is 7.11. The Morgan fingerprint density at radius 3 is 2.30 bits per heavy atom. The molecule has 152 valence electrons. The van der Waals surface area contributed by atoms with Gasteiger partial charge in [-0.1, -0.05) is 34.1 Å². The molecule has 0 aliphatic rings. The summed E-state index contributed by atoms with van der Waals surface area (Å²) < 4.78 is 16.8. The van der Waals surface area contributed by atoms with E-state index in [1.807, 2.05) is 0 Å². The number of allylic oxidation sites excluding steroid dienone is 1. The lowest BCUT2D eigenvalue weighted by Gasteiger charge is -2.09. The molecule has 0 aliphatic carbocycles. The predicted molar refractivity (Wildman–Crippen MR) is 118 cm³/mol. The highest BCUT2D eigenvalue weighted by atomic mass is 79.9. The summed E-state index contributed by atoms with van der Waals surface area (Å²) in [7, 11) is 3.04. The third-order valence-electron chi connectivity index (χ3n) is 4.29. The lowest BCUT2D eigenvalue weighted by atomic mass is 10.1. The topological polar surface area (TPSA) is 61.8 Å². The molecule has 0 saturated carbocycles. The number of hydrogen-bond donors (Lipinski definition) is 0. The van der Waals surface area contributed by atoms with E-state index < -0.39 is 5.97 Å². The van der Waals surface area contributed by atoms with Crippen LogP contribution in [0.4, 0.5) is 0 Å². The zero-order chi connectivity index (χ0) is 21.5. The fourth-order valence-electron chi connectivity index (χ4n) is 2.71. The minimum absolute atomic E-state index is 0.247. The molecule has 5 nitrogen and oxygen atoms in total. The predicted octanol–water partition coefficient (Wildman–Crippen LogP) is 5.58. The van der Waals surface area contributed by atoms with Gasteiger partial charge < -0.3 is 14.2 Å². The van der Waals surface area contributed by atoms with Crippen molar-refractivity contribution in [1.29, 1.82) is 0 Å². The van der Waals surface area contributed by atoms with Gasteiger partial charge in [0, 0.05) is 16.1 Å². The molecule has 0 atom stereocenters. The van der Waals surface area contributed by atoms with Crippen LogP contribution in [0.15, 0.2) is 77.3 Å². The van der Waals surface area contributed by atoms with Gasteiger partial charge in [0.2, 0.25) is 0 Å². The average Bonchev–Trinajstić information content (AvgIpc) is 2.78. The van der Waals surface area contributed by atoms with Crippen molar-refractivity contribution < 1.29 is 23.8 Å². The van der Waals surface area contributed by atoms with Gasteiger partial charge in [-0.3, -0.25) is 4.79 Å². The number of halogens is 1. The minimum atomic E-state index is -0.480. The first-order chi connectivity index (χ1) is 14.5. The van der Waals surface area contributed by atoms with Gasteiger partial charge in [-0.05, 0) is 54.6 Å². The van der Waals surface area contributed by atoms with Crippen molar-refractivity contribution in [3.05, 3.63) is 94.0 Å². The summed E-state index contributed by atoms with van der Waals surface area (Å²) in [6.07, 6.45) is 3.02. The van der Waals surface area contributed by atoms with Crippen molar-refractivity contribution >= 4 is 33.8 Å². The molecule has 0 spiro atoms. The molecule has 0 N–H and O–H groups in total. The summed E-state index contributed by atoms with van der Waals surface area (Å²) in [5, 5.41) is 0. The van der Waals surface area contributed by atoms with Gasteiger partial charge in [0.1, 0.15) is 17.2 Å². The van der Waals surface area contributed by atoms with Crippen molar-refractivity contribution in [2.45, 2.75) is 0 Å². The number of ketones is 1. The molecular formula is C24H19BrO5. The van der Waals surface area contributed by atoms with Crippen LogP contribution < -0.4 is 14.2 Å². The Morgan fingerprint density at radius 1 is 0.867 bits per heavy atom. The van der Waals surface area contributed by atoms with Gasteiger partial charge in [-0.15, -0.1) is 0 Å². The molecule has 3 aromatic rings. The van der Waals surface area contributed by atoms with Crippen LogP contribution in [0.3, 0.4) is 0 Å². The Hall–Kier alpha value is -3.38. The van der Waals surface area contributed by atoms with Crippen LogP contribution in [0.2, 0.25) is 0 Å². The van der Waals surface area contributed by atoms with E-state index in [0.29, 0.717) is 33.9 Å². The van der Waals surface area contributed by atoms with Crippen LogP contribution in [0, 0.1) is 0 Å². The van der Waals surface area contributed by atoms with Crippen molar-refractivity contribution in [2.24, 2.45) is 0 Å². The molecular weight excluding hydrogens is 448 g/mol. The first kappa shape index (κ1) is 21.3. The maximum absolute atomic E-state index is 12.7. The zero-order valence-electron chi connectivity index (χ0n) is 16.4. The van der Waals surface area contributed by atoms with Crippen molar-refractivity contribution in [2.75, 3.05) is 14.2 Å². The third-order valence-corrected chi connectivity index (χ3v) is 4.82. The first-order valence-corrected chi connectivity index (χ1v) is 9.82. The summed E-state index contributed by atoms with van der Waals surface area (Å²) in [6, 6.07) is 18.9. The molecule has 0 bridgehead atoms. The smallest absolute Gasteiger partial charge is 0.343 e. The molecule has 6 heteroatoms. The van der Waals surface area contributed by atoms with E-state index in [-0.39, 0.29) is 5.78 Å². The minimum Gasteiger partial charge on any atom is -0.497 e. The average molecular weight is 467 g/mol. The number of benzene rings is 3. The van der Waals surface area contributed by atoms with Crippen LogP contribution in [0.1, 0.15) is 26.3 Å². The van der Waals surface area contributed by atoms with E-state index in [0.717, 1.165) is 4.47 Å². The highest BCUT2D eigenvalue weighted by molar-refractivity contribution is 9.10. The van der Waals surface area contributed by atoms with Crippen LogP contribution in [-0.4, -0.2) is 26.0 Å².